The fourth-order valence-corrected chi connectivity index (χ4v) is 2.08. The first kappa shape index (κ1) is 12.1. The first-order chi connectivity index (χ1) is 4.83. The van der Waals surface area contributed by atoms with Crippen molar-refractivity contribution < 1.29 is 32.7 Å². The Hall–Kier alpha value is 1.10. The van der Waals surface area contributed by atoms with Crippen LogP contribution < -0.4 is 0 Å². The zero-order valence-corrected chi connectivity index (χ0v) is 10.6. The van der Waals surface area contributed by atoms with Crippen molar-refractivity contribution >= 4 is 0 Å². The molecular weight excluding hydrogens is 209 g/mol. The molecule has 11 heavy (non-hydrogen) atoms. The van der Waals surface area contributed by atoms with Crippen molar-refractivity contribution in [2.75, 3.05) is 0 Å². The maximum atomic E-state index is 4.05. The van der Waals surface area contributed by atoms with Crippen LogP contribution in [0, 0.1) is 12.3 Å². The van der Waals surface area contributed by atoms with Gasteiger partial charge in [-0.15, -0.1) is 0 Å². The van der Waals surface area contributed by atoms with E-state index in [2.05, 4.69) is 13.8 Å². The Morgan fingerprint density at radius 3 is 2.00 bits per heavy atom. The molecule has 0 aliphatic heterocycles. The van der Waals surface area contributed by atoms with Crippen LogP contribution in [0.1, 0.15) is 51.9 Å². The van der Waals surface area contributed by atoms with Gasteiger partial charge >= 0.3 is 0 Å². The van der Waals surface area contributed by atoms with Gasteiger partial charge in [0, 0.05) is 32.7 Å². The Morgan fingerprint density at radius 2 is 1.73 bits per heavy atom. The summed E-state index contributed by atoms with van der Waals surface area (Å²) in [5, 5.41) is 0. The van der Waals surface area contributed by atoms with Crippen LogP contribution in [-0.2, 0) is 32.7 Å². The van der Waals surface area contributed by atoms with Crippen LogP contribution in [0.15, 0.2) is 0 Å². The summed E-state index contributed by atoms with van der Waals surface area (Å²) in [6.07, 6.45) is 9.73. The van der Waals surface area contributed by atoms with Crippen LogP contribution in [0.5, 0.6) is 0 Å². The third-order valence-electron chi connectivity index (χ3n) is 3.19. The molecule has 0 aromatic rings. The Bertz CT molecular complexity index is 87.0. The largest absolute Gasteiger partial charge is 0.343 e. The summed E-state index contributed by atoms with van der Waals surface area (Å²) in [5.41, 5.74) is 0.651. The summed E-state index contributed by atoms with van der Waals surface area (Å²) in [4.78, 5) is 0. The normalized spacial score (nSPS) is 22.4. The van der Waals surface area contributed by atoms with Crippen molar-refractivity contribution in [3.05, 3.63) is 6.92 Å². The maximum absolute atomic E-state index is 4.05. The van der Waals surface area contributed by atoms with E-state index in [4.69, 9.17) is 0 Å². The summed E-state index contributed by atoms with van der Waals surface area (Å²) in [6, 6.07) is 0. The van der Waals surface area contributed by atoms with Gasteiger partial charge < -0.3 is 6.92 Å². The summed E-state index contributed by atoms with van der Waals surface area (Å²) in [7, 11) is 0. The third kappa shape index (κ3) is 3.15. The molecular formula is C10H19Y-. The minimum Gasteiger partial charge on any atom is -0.343 e. The average Bonchev–Trinajstić information content (AvgIpc) is 2.06. The Balaban J connectivity index is 0.000001000. The van der Waals surface area contributed by atoms with E-state index in [1.54, 1.807) is 0 Å². The Morgan fingerprint density at radius 1 is 1.18 bits per heavy atom. The van der Waals surface area contributed by atoms with E-state index < -0.39 is 0 Å². The molecule has 1 saturated carbocycles. The average molecular weight is 228 g/mol. The fourth-order valence-electron chi connectivity index (χ4n) is 2.08. The van der Waals surface area contributed by atoms with Gasteiger partial charge in [0.05, 0.1) is 0 Å². The molecule has 1 heteroatoms. The number of hydrogen-bond acceptors (Lipinski definition) is 0. The van der Waals surface area contributed by atoms with E-state index in [-0.39, 0.29) is 32.7 Å². The molecule has 1 aliphatic rings. The minimum absolute atomic E-state index is 0. The molecule has 0 atom stereocenters. The standard InChI is InChI=1S/C10H19.Y/c1-3-10(4-2)8-6-5-7-9-10;/h1,3-9H2,2H3;/q-1;. The SMILES string of the molecule is [CH2-]CC1(CC)CCCCC1.[Y]. The first-order valence-electron chi connectivity index (χ1n) is 4.62. The quantitative estimate of drug-likeness (QED) is 0.634. The monoisotopic (exact) mass is 228 g/mol. The van der Waals surface area contributed by atoms with Gasteiger partial charge in [0.15, 0.2) is 0 Å². The van der Waals surface area contributed by atoms with Gasteiger partial charge in [-0.05, 0) is 0 Å². The summed E-state index contributed by atoms with van der Waals surface area (Å²) >= 11 is 0. The molecule has 0 unspecified atom stereocenters. The van der Waals surface area contributed by atoms with Crippen molar-refractivity contribution in [3.63, 3.8) is 0 Å². The predicted molar refractivity (Wildman–Crippen MR) is 45.8 cm³/mol. The molecule has 0 aromatic heterocycles. The van der Waals surface area contributed by atoms with E-state index in [1.807, 2.05) is 0 Å². The van der Waals surface area contributed by atoms with Gasteiger partial charge in [-0.25, -0.2) is 0 Å². The zero-order valence-electron chi connectivity index (χ0n) is 7.73. The van der Waals surface area contributed by atoms with Gasteiger partial charge in [0.25, 0.3) is 0 Å². The molecule has 1 radical (unpaired) electrons. The van der Waals surface area contributed by atoms with Crippen LogP contribution in [0.2, 0.25) is 0 Å². The summed E-state index contributed by atoms with van der Waals surface area (Å²) in [5.74, 6) is 0. The van der Waals surface area contributed by atoms with E-state index in [0.29, 0.717) is 5.41 Å². The first-order valence-corrected chi connectivity index (χ1v) is 4.62. The van der Waals surface area contributed by atoms with Crippen LogP contribution in [0.4, 0.5) is 0 Å². The molecule has 0 spiro atoms. The van der Waals surface area contributed by atoms with Crippen molar-refractivity contribution in [1.82, 2.24) is 0 Å². The van der Waals surface area contributed by atoms with Crippen LogP contribution in [0.3, 0.4) is 0 Å². The summed E-state index contributed by atoms with van der Waals surface area (Å²) < 4.78 is 0. The van der Waals surface area contributed by atoms with Crippen LogP contribution in [0.25, 0.3) is 0 Å². The van der Waals surface area contributed by atoms with Crippen molar-refractivity contribution in [1.29, 1.82) is 0 Å². The molecule has 0 amide bonds. The third-order valence-corrected chi connectivity index (χ3v) is 3.19. The second-order valence-corrected chi connectivity index (χ2v) is 3.66. The van der Waals surface area contributed by atoms with Crippen molar-refractivity contribution in [2.24, 2.45) is 5.41 Å². The molecule has 1 rings (SSSR count). The molecule has 63 valence electrons. The molecule has 0 aromatic carbocycles. The molecule has 0 N–H and O–H groups in total. The van der Waals surface area contributed by atoms with Crippen molar-refractivity contribution in [2.45, 2.75) is 51.9 Å². The molecule has 0 saturated heterocycles. The van der Waals surface area contributed by atoms with Gasteiger partial charge in [0.1, 0.15) is 0 Å². The molecule has 1 fully saturated rings. The molecule has 0 heterocycles. The van der Waals surface area contributed by atoms with Crippen LogP contribution >= 0.6 is 0 Å². The minimum atomic E-state index is 0. The Kier molecular flexibility index (Phi) is 6.27. The second kappa shape index (κ2) is 5.70. The smallest absolute Gasteiger partial charge is 0 e. The maximum Gasteiger partial charge on any atom is 0 e. The predicted octanol–water partition coefficient (Wildman–Crippen LogP) is 3.57. The molecule has 0 nitrogen and oxygen atoms in total. The Labute approximate surface area is 96.4 Å². The van der Waals surface area contributed by atoms with Crippen LogP contribution in [-0.4, -0.2) is 0 Å². The van der Waals surface area contributed by atoms with Gasteiger partial charge in [-0.2, -0.15) is 6.42 Å². The summed E-state index contributed by atoms with van der Waals surface area (Å²) in [6.45, 7) is 6.37. The van der Waals surface area contributed by atoms with Gasteiger partial charge in [-0.3, -0.25) is 0 Å². The zero-order chi connectivity index (χ0) is 7.45. The molecule has 1 aliphatic carbocycles. The van der Waals surface area contributed by atoms with Gasteiger partial charge in [0.2, 0.25) is 0 Å². The molecule has 0 bridgehead atoms. The topological polar surface area (TPSA) is 0 Å². The van der Waals surface area contributed by atoms with E-state index in [1.165, 1.54) is 38.5 Å². The van der Waals surface area contributed by atoms with E-state index in [0.717, 1.165) is 6.42 Å². The fraction of sp³-hybridized carbons (Fsp3) is 0.900. The number of hydrogen-bond donors (Lipinski definition) is 0. The second-order valence-electron chi connectivity index (χ2n) is 3.66. The van der Waals surface area contributed by atoms with Gasteiger partial charge in [-0.1, -0.05) is 50.9 Å². The number of rotatable bonds is 2. The van der Waals surface area contributed by atoms with Crippen molar-refractivity contribution in [3.8, 4) is 0 Å². The van der Waals surface area contributed by atoms with E-state index >= 15 is 0 Å². The van der Waals surface area contributed by atoms with E-state index in [9.17, 15) is 0 Å².